The van der Waals surface area contributed by atoms with Crippen molar-refractivity contribution in [2.75, 3.05) is 13.7 Å². The molecule has 0 aliphatic carbocycles. The van der Waals surface area contributed by atoms with Crippen LogP contribution in [0.15, 0.2) is 24.5 Å². The Labute approximate surface area is 101 Å². The fourth-order valence-corrected chi connectivity index (χ4v) is 2.46. The highest BCUT2D eigenvalue weighted by molar-refractivity contribution is 5.50. The number of rotatable bonds is 3. The van der Waals surface area contributed by atoms with Gasteiger partial charge < -0.3 is 14.5 Å². The number of hydrogen-bond donors (Lipinski definition) is 1. The Balaban J connectivity index is 1.89. The minimum absolute atomic E-state index is 0.586. The molecule has 4 nitrogen and oxygen atoms in total. The van der Waals surface area contributed by atoms with Crippen molar-refractivity contribution in [1.82, 2.24) is 14.7 Å². The summed E-state index contributed by atoms with van der Waals surface area (Å²) in [6.07, 6.45) is 7.48. The van der Waals surface area contributed by atoms with Crippen molar-refractivity contribution in [3.63, 3.8) is 0 Å². The van der Waals surface area contributed by atoms with Gasteiger partial charge in [-0.05, 0) is 25.5 Å². The Morgan fingerprint density at radius 2 is 2.53 bits per heavy atom. The lowest BCUT2D eigenvalue weighted by atomic mass is 10.1. The van der Waals surface area contributed by atoms with Crippen LogP contribution in [-0.2, 0) is 6.42 Å². The Morgan fingerprint density at radius 3 is 3.29 bits per heavy atom. The Morgan fingerprint density at radius 1 is 1.59 bits per heavy atom. The monoisotopic (exact) mass is 231 g/mol. The maximum absolute atomic E-state index is 5.21. The van der Waals surface area contributed by atoms with Crippen LogP contribution >= 0.6 is 0 Å². The second kappa shape index (κ2) is 4.37. The van der Waals surface area contributed by atoms with Crippen LogP contribution in [0.1, 0.15) is 18.7 Å². The van der Waals surface area contributed by atoms with Crippen LogP contribution in [0.3, 0.4) is 0 Å². The number of imidazole rings is 1. The summed E-state index contributed by atoms with van der Waals surface area (Å²) in [4.78, 5) is 4.50. The summed E-state index contributed by atoms with van der Waals surface area (Å²) >= 11 is 0. The molecule has 17 heavy (non-hydrogen) atoms. The molecule has 0 radical (unpaired) electrons. The van der Waals surface area contributed by atoms with Gasteiger partial charge in [-0.15, -0.1) is 0 Å². The number of nitrogens with zero attached hydrogens (tertiary/aromatic N) is 2. The van der Waals surface area contributed by atoms with Crippen molar-refractivity contribution in [2.45, 2.75) is 25.3 Å². The standard InChI is InChI=1S/C13H17N3O/c1-17-12-4-6-16-11(8-12)9-15-13(16)7-10-3-2-5-14-10/h4,6,8-10,14H,2-3,5,7H2,1H3. The molecular weight excluding hydrogens is 214 g/mol. The van der Waals surface area contributed by atoms with E-state index in [0.29, 0.717) is 6.04 Å². The Kier molecular flexibility index (Phi) is 2.73. The molecule has 1 aliphatic heterocycles. The summed E-state index contributed by atoms with van der Waals surface area (Å²) in [5.74, 6) is 2.00. The van der Waals surface area contributed by atoms with E-state index >= 15 is 0 Å². The van der Waals surface area contributed by atoms with Crippen LogP contribution in [0.5, 0.6) is 5.75 Å². The molecule has 3 heterocycles. The van der Waals surface area contributed by atoms with Gasteiger partial charge in [-0.3, -0.25) is 0 Å². The van der Waals surface area contributed by atoms with Gasteiger partial charge >= 0.3 is 0 Å². The predicted octanol–water partition coefficient (Wildman–Crippen LogP) is 1.64. The van der Waals surface area contributed by atoms with Crippen molar-refractivity contribution in [3.8, 4) is 5.75 Å². The first-order chi connectivity index (χ1) is 8.36. The van der Waals surface area contributed by atoms with Crippen molar-refractivity contribution < 1.29 is 4.74 Å². The largest absolute Gasteiger partial charge is 0.497 e. The Hall–Kier alpha value is -1.55. The van der Waals surface area contributed by atoms with Gasteiger partial charge in [-0.1, -0.05) is 0 Å². The van der Waals surface area contributed by atoms with Crippen LogP contribution in [0.4, 0.5) is 0 Å². The lowest BCUT2D eigenvalue weighted by molar-refractivity contribution is 0.414. The summed E-state index contributed by atoms with van der Waals surface area (Å²) < 4.78 is 7.35. The molecule has 0 amide bonds. The third kappa shape index (κ3) is 2.00. The molecule has 90 valence electrons. The molecule has 1 N–H and O–H groups in total. The van der Waals surface area contributed by atoms with Gasteiger partial charge in [0, 0.05) is 24.7 Å². The summed E-state index contributed by atoms with van der Waals surface area (Å²) in [6.45, 7) is 1.14. The van der Waals surface area contributed by atoms with E-state index in [-0.39, 0.29) is 0 Å². The Bertz CT molecular complexity index is 514. The molecule has 3 rings (SSSR count). The third-order valence-corrected chi connectivity index (χ3v) is 3.41. The minimum atomic E-state index is 0.586. The lowest BCUT2D eigenvalue weighted by Crippen LogP contribution is -2.24. The second-order valence-corrected chi connectivity index (χ2v) is 4.53. The number of pyridine rings is 1. The molecule has 1 saturated heterocycles. The molecule has 4 heteroatoms. The topological polar surface area (TPSA) is 38.6 Å². The predicted molar refractivity (Wildman–Crippen MR) is 66.5 cm³/mol. The zero-order valence-electron chi connectivity index (χ0n) is 10.0. The quantitative estimate of drug-likeness (QED) is 0.872. The van der Waals surface area contributed by atoms with Gasteiger partial charge in [0.25, 0.3) is 0 Å². The smallest absolute Gasteiger partial charge is 0.122 e. The van der Waals surface area contributed by atoms with Crippen LogP contribution < -0.4 is 10.1 Å². The molecular formula is C13H17N3O. The van der Waals surface area contributed by atoms with E-state index < -0.39 is 0 Å². The van der Waals surface area contributed by atoms with E-state index in [1.807, 2.05) is 24.5 Å². The highest BCUT2D eigenvalue weighted by Crippen LogP contribution is 2.17. The van der Waals surface area contributed by atoms with Crippen molar-refractivity contribution >= 4 is 5.52 Å². The van der Waals surface area contributed by atoms with Gasteiger partial charge in [-0.2, -0.15) is 0 Å². The molecule has 0 saturated carbocycles. The average molecular weight is 231 g/mol. The number of ether oxygens (including phenoxy) is 1. The molecule has 0 bridgehead atoms. The first-order valence-corrected chi connectivity index (χ1v) is 6.10. The van der Waals surface area contributed by atoms with E-state index in [4.69, 9.17) is 4.74 Å². The molecule has 1 atom stereocenters. The van der Waals surface area contributed by atoms with Crippen LogP contribution in [0.25, 0.3) is 5.52 Å². The number of hydrogen-bond acceptors (Lipinski definition) is 3. The van der Waals surface area contributed by atoms with E-state index in [2.05, 4.69) is 14.7 Å². The van der Waals surface area contributed by atoms with E-state index in [0.717, 1.165) is 30.1 Å². The molecule has 0 spiro atoms. The van der Waals surface area contributed by atoms with E-state index in [9.17, 15) is 0 Å². The summed E-state index contributed by atoms with van der Waals surface area (Å²) in [7, 11) is 1.69. The SMILES string of the molecule is COc1ccn2c(CC3CCCN3)ncc2c1. The van der Waals surface area contributed by atoms with Crippen LogP contribution in [0, 0.1) is 0 Å². The molecule has 1 fully saturated rings. The third-order valence-electron chi connectivity index (χ3n) is 3.41. The second-order valence-electron chi connectivity index (χ2n) is 4.53. The van der Waals surface area contributed by atoms with Gasteiger partial charge in [0.1, 0.15) is 11.6 Å². The fourth-order valence-electron chi connectivity index (χ4n) is 2.46. The first-order valence-electron chi connectivity index (χ1n) is 6.10. The molecule has 2 aromatic heterocycles. The van der Waals surface area contributed by atoms with Gasteiger partial charge in [-0.25, -0.2) is 4.98 Å². The maximum Gasteiger partial charge on any atom is 0.122 e. The molecule has 1 unspecified atom stereocenters. The lowest BCUT2D eigenvalue weighted by Gasteiger charge is -2.09. The maximum atomic E-state index is 5.21. The summed E-state index contributed by atoms with van der Waals surface area (Å²) in [6, 6.07) is 4.57. The normalized spacial score (nSPS) is 19.9. The first kappa shape index (κ1) is 10.6. The van der Waals surface area contributed by atoms with Gasteiger partial charge in [0.2, 0.25) is 0 Å². The zero-order valence-corrected chi connectivity index (χ0v) is 10.0. The van der Waals surface area contributed by atoms with E-state index in [1.165, 1.54) is 12.8 Å². The molecule has 1 aliphatic rings. The van der Waals surface area contributed by atoms with Crippen LogP contribution in [-0.4, -0.2) is 29.1 Å². The van der Waals surface area contributed by atoms with Crippen molar-refractivity contribution in [1.29, 1.82) is 0 Å². The molecule has 0 aromatic carbocycles. The van der Waals surface area contributed by atoms with Crippen LogP contribution in [0.2, 0.25) is 0 Å². The number of aromatic nitrogens is 2. The summed E-state index contributed by atoms with van der Waals surface area (Å²) in [5, 5.41) is 3.50. The number of nitrogens with one attached hydrogen (secondary N) is 1. The highest BCUT2D eigenvalue weighted by Gasteiger charge is 2.16. The van der Waals surface area contributed by atoms with Gasteiger partial charge in [0.05, 0.1) is 18.8 Å². The van der Waals surface area contributed by atoms with E-state index in [1.54, 1.807) is 7.11 Å². The van der Waals surface area contributed by atoms with Crippen molar-refractivity contribution in [3.05, 3.63) is 30.4 Å². The number of fused-ring (bicyclic) bond motifs is 1. The molecule has 2 aromatic rings. The highest BCUT2D eigenvalue weighted by atomic mass is 16.5. The van der Waals surface area contributed by atoms with Crippen molar-refractivity contribution in [2.24, 2.45) is 0 Å². The average Bonchev–Trinajstić information content (AvgIpc) is 2.99. The fraction of sp³-hybridized carbons (Fsp3) is 0.462. The minimum Gasteiger partial charge on any atom is -0.497 e. The number of methoxy groups -OCH3 is 1. The summed E-state index contributed by atoms with van der Waals surface area (Å²) in [5.41, 5.74) is 1.09. The zero-order chi connectivity index (χ0) is 11.7. The van der Waals surface area contributed by atoms with Gasteiger partial charge in [0.15, 0.2) is 0 Å².